The normalized spacial score (nSPS) is 21.3. The Labute approximate surface area is 236 Å². The van der Waals surface area contributed by atoms with Crippen LogP contribution in [0, 0.1) is 29.3 Å². The van der Waals surface area contributed by atoms with Crippen LogP contribution in [0.15, 0.2) is 29.3 Å². The summed E-state index contributed by atoms with van der Waals surface area (Å²) in [5.74, 6) is -3.55. The van der Waals surface area contributed by atoms with E-state index in [0.717, 1.165) is 13.1 Å². The number of benzene rings is 1. The highest BCUT2D eigenvalue weighted by molar-refractivity contribution is 7.98. The molecule has 2 saturated heterocycles. The van der Waals surface area contributed by atoms with Gasteiger partial charge in [0.05, 0.1) is 10.6 Å². The summed E-state index contributed by atoms with van der Waals surface area (Å²) < 4.78 is 43.8. The van der Waals surface area contributed by atoms with Crippen molar-refractivity contribution in [2.24, 2.45) is 11.8 Å². The van der Waals surface area contributed by atoms with E-state index in [-0.39, 0.29) is 12.5 Å². The number of piperidine rings is 1. The number of amides is 4. The number of halogens is 3. The van der Waals surface area contributed by atoms with Gasteiger partial charge in [-0.25, -0.2) is 27.8 Å². The number of carbonyl (C=O) groups is 3. The molecule has 1 aromatic heterocycles. The summed E-state index contributed by atoms with van der Waals surface area (Å²) in [6.07, 6.45) is 4.35. The minimum absolute atomic E-state index is 0.0848. The molecule has 12 heteroatoms. The maximum absolute atomic E-state index is 14.9. The van der Waals surface area contributed by atoms with Crippen molar-refractivity contribution >= 4 is 41.1 Å². The van der Waals surface area contributed by atoms with E-state index < -0.39 is 45.5 Å². The molecule has 2 fully saturated rings. The van der Waals surface area contributed by atoms with Gasteiger partial charge in [0.25, 0.3) is 5.91 Å². The number of hydrogen-bond donors (Lipinski definition) is 1. The lowest BCUT2D eigenvalue weighted by atomic mass is 9.92. The molecule has 0 bridgehead atoms. The van der Waals surface area contributed by atoms with Crippen LogP contribution in [0.4, 0.5) is 29.5 Å². The van der Waals surface area contributed by atoms with Crippen molar-refractivity contribution in [3.63, 3.8) is 0 Å². The second-order valence-corrected chi connectivity index (χ2v) is 12.0. The topological polar surface area (TPSA) is 85.8 Å². The molecular formula is C28H34F3N5O3S. The standard InChI is InChI=1S/C28H34F3N5O3S/c1-16-10-17(2)14-34(13-16)9-7-22(37)33-21-11-18(6-8-32-21)15-35-27(39)36(26(38)28(35,3)4)20-12-19(29)25(40-5)24(31)23(20)30/h6,8,11-12,16-17H,7,9-10,13-15H2,1-5H3,(H,32,33,37). The first kappa shape index (κ1) is 29.9. The summed E-state index contributed by atoms with van der Waals surface area (Å²) in [5, 5.41) is 2.78. The van der Waals surface area contributed by atoms with Crippen molar-refractivity contribution in [1.82, 2.24) is 14.8 Å². The number of anilines is 2. The van der Waals surface area contributed by atoms with Crippen LogP contribution in [0.2, 0.25) is 0 Å². The summed E-state index contributed by atoms with van der Waals surface area (Å²) in [4.78, 5) is 46.7. The summed E-state index contributed by atoms with van der Waals surface area (Å²) in [7, 11) is 0. The van der Waals surface area contributed by atoms with Gasteiger partial charge in [0.2, 0.25) is 5.91 Å². The fraction of sp³-hybridized carbons (Fsp3) is 0.500. The Morgan fingerprint density at radius 1 is 1.12 bits per heavy atom. The van der Waals surface area contributed by atoms with E-state index in [1.807, 2.05) is 0 Å². The zero-order chi connectivity index (χ0) is 29.4. The van der Waals surface area contributed by atoms with Crippen LogP contribution in [0.25, 0.3) is 0 Å². The van der Waals surface area contributed by atoms with Gasteiger partial charge in [0, 0.05) is 44.9 Å². The molecule has 0 saturated carbocycles. The Morgan fingerprint density at radius 3 is 2.45 bits per heavy atom. The number of urea groups is 1. The molecule has 8 nitrogen and oxygen atoms in total. The second-order valence-electron chi connectivity index (χ2n) is 11.2. The average Bonchev–Trinajstić information content (AvgIpc) is 3.04. The predicted octanol–water partition coefficient (Wildman–Crippen LogP) is 5.27. The Morgan fingerprint density at radius 2 is 1.80 bits per heavy atom. The van der Waals surface area contributed by atoms with Crippen molar-refractivity contribution in [2.75, 3.05) is 36.1 Å². The Hall–Kier alpha value is -3.12. The number of carbonyl (C=O) groups excluding carboxylic acids is 3. The lowest BCUT2D eigenvalue weighted by Gasteiger charge is -2.34. The summed E-state index contributed by atoms with van der Waals surface area (Å²) in [6, 6.07) is 2.95. The third-order valence-electron chi connectivity index (χ3n) is 7.40. The molecule has 40 heavy (non-hydrogen) atoms. The van der Waals surface area contributed by atoms with Crippen molar-refractivity contribution in [3.05, 3.63) is 47.4 Å². The van der Waals surface area contributed by atoms with E-state index in [0.29, 0.717) is 58.9 Å². The van der Waals surface area contributed by atoms with Crippen LogP contribution >= 0.6 is 11.8 Å². The number of pyridine rings is 1. The number of nitrogens with one attached hydrogen (secondary N) is 1. The van der Waals surface area contributed by atoms with E-state index in [4.69, 9.17) is 0 Å². The average molecular weight is 578 g/mol. The quantitative estimate of drug-likeness (QED) is 0.261. The number of thioether (sulfide) groups is 1. The summed E-state index contributed by atoms with van der Waals surface area (Å²) in [5.41, 5.74) is -1.67. The van der Waals surface area contributed by atoms with Crippen molar-refractivity contribution in [1.29, 1.82) is 0 Å². The third kappa shape index (κ3) is 5.97. The third-order valence-corrected chi connectivity index (χ3v) is 8.18. The molecule has 216 valence electrons. The maximum Gasteiger partial charge on any atom is 0.332 e. The SMILES string of the molecule is CSc1c(F)cc(N2C(=O)N(Cc3ccnc(NC(=O)CCN4CC(C)CC(C)C4)c3)C(C)(C)C2=O)c(F)c1F. The summed E-state index contributed by atoms with van der Waals surface area (Å²) >= 11 is 0.680. The highest BCUT2D eigenvalue weighted by Crippen LogP contribution is 2.38. The first-order chi connectivity index (χ1) is 18.8. The molecule has 2 unspecified atom stereocenters. The number of hydrogen-bond acceptors (Lipinski definition) is 6. The number of rotatable bonds is 8. The van der Waals surface area contributed by atoms with E-state index in [2.05, 4.69) is 29.0 Å². The Kier molecular flexibility index (Phi) is 8.79. The molecule has 2 aliphatic heterocycles. The first-order valence-electron chi connectivity index (χ1n) is 13.2. The molecule has 0 spiro atoms. The maximum atomic E-state index is 14.9. The van der Waals surface area contributed by atoms with E-state index in [1.54, 1.807) is 12.1 Å². The molecule has 1 N–H and O–H groups in total. The summed E-state index contributed by atoms with van der Waals surface area (Å²) in [6.45, 7) is 9.86. The monoisotopic (exact) mass is 577 g/mol. The highest BCUT2D eigenvalue weighted by Gasteiger charge is 2.52. The van der Waals surface area contributed by atoms with Crippen LogP contribution in [-0.2, 0) is 16.1 Å². The molecule has 0 radical (unpaired) electrons. The minimum atomic E-state index is -1.48. The molecule has 4 rings (SSSR count). The lowest BCUT2D eigenvalue weighted by Crippen LogP contribution is -2.43. The van der Waals surface area contributed by atoms with E-state index >= 15 is 0 Å². The molecule has 2 aliphatic rings. The smallest absolute Gasteiger partial charge is 0.311 e. The van der Waals surface area contributed by atoms with Gasteiger partial charge >= 0.3 is 6.03 Å². The molecular weight excluding hydrogens is 543 g/mol. The van der Waals surface area contributed by atoms with Crippen molar-refractivity contribution in [3.8, 4) is 0 Å². The van der Waals surface area contributed by atoms with E-state index in [9.17, 15) is 27.6 Å². The van der Waals surface area contributed by atoms with Crippen LogP contribution in [0.5, 0.6) is 0 Å². The lowest BCUT2D eigenvalue weighted by molar-refractivity contribution is -0.123. The number of likely N-dealkylation sites (tertiary alicyclic amines) is 1. The number of imide groups is 1. The van der Waals surface area contributed by atoms with Gasteiger partial charge in [-0.3, -0.25) is 9.59 Å². The fourth-order valence-electron chi connectivity index (χ4n) is 5.49. The molecule has 2 atom stereocenters. The van der Waals surface area contributed by atoms with Gasteiger partial charge < -0.3 is 15.1 Å². The van der Waals surface area contributed by atoms with Crippen LogP contribution in [0.1, 0.15) is 46.1 Å². The van der Waals surface area contributed by atoms with E-state index in [1.165, 1.54) is 37.6 Å². The minimum Gasteiger partial charge on any atom is -0.311 e. The highest BCUT2D eigenvalue weighted by atomic mass is 32.2. The number of nitrogens with zero attached hydrogens (tertiary/aromatic N) is 4. The first-order valence-corrected chi connectivity index (χ1v) is 14.4. The van der Waals surface area contributed by atoms with Gasteiger partial charge in [-0.15, -0.1) is 11.8 Å². The number of aromatic nitrogens is 1. The molecule has 1 aromatic carbocycles. The van der Waals surface area contributed by atoms with Crippen LogP contribution in [-0.4, -0.2) is 64.1 Å². The second kappa shape index (κ2) is 11.8. The zero-order valence-electron chi connectivity index (χ0n) is 23.3. The van der Waals surface area contributed by atoms with Crippen molar-refractivity contribution in [2.45, 2.75) is 57.5 Å². The largest absolute Gasteiger partial charge is 0.332 e. The van der Waals surface area contributed by atoms with Gasteiger partial charge in [-0.1, -0.05) is 13.8 Å². The van der Waals surface area contributed by atoms with Crippen molar-refractivity contribution < 1.29 is 27.6 Å². The predicted molar refractivity (Wildman–Crippen MR) is 147 cm³/mol. The molecule has 2 aromatic rings. The Bertz CT molecular complexity index is 1310. The van der Waals surface area contributed by atoms with Gasteiger partial charge in [0.15, 0.2) is 11.6 Å². The zero-order valence-corrected chi connectivity index (χ0v) is 24.1. The Balaban J connectivity index is 1.47. The van der Waals surface area contributed by atoms with Gasteiger partial charge in [-0.05, 0) is 56.1 Å². The van der Waals surface area contributed by atoms with Crippen LogP contribution < -0.4 is 10.2 Å². The van der Waals surface area contributed by atoms with Gasteiger partial charge in [-0.2, -0.15) is 0 Å². The fourth-order valence-corrected chi connectivity index (χ4v) is 6.02. The molecule has 4 amide bonds. The van der Waals surface area contributed by atoms with Crippen LogP contribution in [0.3, 0.4) is 0 Å². The van der Waals surface area contributed by atoms with Gasteiger partial charge in [0.1, 0.15) is 17.2 Å². The molecule has 3 heterocycles. The molecule has 0 aliphatic carbocycles.